The number of hydrogen-bond donors (Lipinski definition) is 0. The van der Waals surface area contributed by atoms with Crippen LogP contribution in [0.1, 0.15) is 15.9 Å². The molecular weight excluding hydrogens is 352 g/mol. The van der Waals surface area contributed by atoms with Gasteiger partial charge in [-0.05, 0) is 12.6 Å². The average Bonchev–Trinajstić information content (AvgIpc) is 2.75. The molecule has 28 heavy (non-hydrogen) atoms. The van der Waals surface area contributed by atoms with Crippen molar-refractivity contribution in [3.63, 3.8) is 0 Å². The summed E-state index contributed by atoms with van der Waals surface area (Å²) in [6.45, 7) is 8.07. The molecule has 2 aliphatic heterocycles. The van der Waals surface area contributed by atoms with Crippen molar-refractivity contribution in [3.05, 3.63) is 53.9 Å². The first-order valence-electron chi connectivity index (χ1n) is 10.00. The molecule has 0 radical (unpaired) electrons. The number of aromatic nitrogens is 2. The number of nitrogens with zero attached hydrogens (tertiary/aromatic N) is 6. The zero-order valence-electron chi connectivity index (χ0n) is 16.5. The molecule has 0 aliphatic carbocycles. The van der Waals surface area contributed by atoms with Crippen LogP contribution in [0.3, 0.4) is 0 Å². The van der Waals surface area contributed by atoms with E-state index in [1.807, 2.05) is 11.0 Å². The number of anilines is 1. The molecule has 2 aromatic rings. The van der Waals surface area contributed by atoms with Crippen LogP contribution in [0, 0.1) is 0 Å². The molecule has 0 atom stereocenters. The minimum atomic E-state index is 0.0317. The maximum Gasteiger partial charge on any atom is 0.257 e. The smallest absolute Gasteiger partial charge is 0.257 e. The highest BCUT2D eigenvalue weighted by Crippen LogP contribution is 2.13. The molecule has 2 fully saturated rings. The molecule has 7 heteroatoms. The van der Waals surface area contributed by atoms with Crippen molar-refractivity contribution < 1.29 is 4.79 Å². The molecule has 1 aromatic carbocycles. The van der Waals surface area contributed by atoms with E-state index >= 15 is 0 Å². The Morgan fingerprint density at radius 1 is 0.893 bits per heavy atom. The highest BCUT2D eigenvalue weighted by Gasteiger charge is 2.23. The topological polar surface area (TPSA) is 55.8 Å². The molecule has 0 unspecified atom stereocenters. The predicted molar refractivity (Wildman–Crippen MR) is 109 cm³/mol. The maximum absolute atomic E-state index is 12.8. The summed E-state index contributed by atoms with van der Waals surface area (Å²) in [5, 5.41) is 0. The highest BCUT2D eigenvalue weighted by atomic mass is 16.2. The zero-order chi connectivity index (χ0) is 19.3. The molecular formula is C21H28N6O. The van der Waals surface area contributed by atoms with E-state index in [0.717, 1.165) is 64.9 Å². The van der Waals surface area contributed by atoms with Crippen LogP contribution in [-0.2, 0) is 6.54 Å². The van der Waals surface area contributed by atoms with Gasteiger partial charge in [0.05, 0.1) is 5.56 Å². The van der Waals surface area contributed by atoms with E-state index in [4.69, 9.17) is 0 Å². The van der Waals surface area contributed by atoms with Crippen LogP contribution in [0.2, 0.25) is 0 Å². The summed E-state index contributed by atoms with van der Waals surface area (Å²) in [5.74, 6) is 0.751. The Hall–Kier alpha value is -2.51. The van der Waals surface area contributed by atoms with Gasteiger partial charge in [0.15, 0.2) is 0 Å². The van der Waals surface area contributed by atoms with Gasteiger partial charge >= 0.3 is 0 Å². The number of carbonyl (C=O) groups excluding carboxylic acids is 1. The van der Waals surface area contributed by atoms with E-state index in [1.54, 1.807) is 12.4 Å². The van der Waals surface area contributed by atoms with E-state index in [9.17, 15) is 4.79 Å². The fraction of sp³-hybridized carbons (Fsp3) is 0.476. The van der Waals surface area contributed by atoms with Gasteiger partial charge in [0.2, 0.25) is 5.95 Å². The zero-order valence-corrected chi connectivity index (χ0v) is 16.5. The molecule has 3 heterocycles. The van der Waals surface area contributed by atoms with Crippen LogP contribution in [0.4, 0.5) is 5.95 Å². The standard InChI is InChI=1S/C21H28N6O/c1-24-7-11-27(12-8-24)21-22-15-19(16-23-21)20(28)26-13-9-25(10-14-26)17-18-5-3-2-4-6-18/h2-6,15-16H,7-14,17H2,1H3. The highest BCUT2D eigenvalue weighted by molar-refractivity contribution is 5.93. The van der Waals surface area contributed by atoms with Gasteiger partial charge in [-0.2, -0.15) is 0 Å². The van der Waals surface area contributed by atoms with Crippen molar-refractivity contribution in [1.82, 2.24) is 24.7 Å². The molecule has 0 N–H and O–H groups in total. The van der Waals surface area contributed by atoms with Crippen molar-refractivity contribution in [3.8, 4) is 0 Å². The van der Waals surface area contributed by atoms with Crippen molar-refractivity contribution in [1.29, 1.82) is 0 Å². The molecule has 0 spiro atoms. The van der Waals surface area contributed by atoms with Gasteiger partial charge in [-0.25, -0.2) is 9.97 Å². The summed E-state index contributed by atoms with van der Waals surface area (Å²) in [4.78, 5) is 30.5. The van der Waals surface area contributed by atoms with E-state index < -0.39 is 0 Å². The van der Waals surface area contributed by atoms with Gasteiger partial charge in [-0.1, -0.05) is 30.3 Å². The first-order chi connectivity index (χ1) is 13.7. The van der Waals surface area contributed by atoms with Crippen molar-refractivity contribution in [2.45, 2.75) is 6.54 Å². The van der Waals surface area contributed by atoms with Crippen molar-refractivity contribution in [2.24, 2.45) is 0 Å². The number of likely N-dealkylation sites (N-methyl/N-ethyl adjacent to an activating group) is 1. The van der Waals surface area contributed by atoms with Gasteiger partial charge in [0.25, 0.3) is 5.91 Å². The van der Waals surface area contributed by atoms with Crippen LogP contribution < -0.4 is 4.90 Å². The third kappa shape index (κ3) is 4.48. The second-order valence-corrected chi connectivity index (χ2v) is 7.62. The Morgan fingerprint density at radius 2 is 1.54 bits per heavy atom. The quantitative estimate of drug-likeness (QED) is 0.794. The van der Waals surface area contributed by atoms with Crippen molar-refractivity contribution >= 4 is 11.9 Å². The Morgan fingerprint density at radius 3 is 2.18 bits per heavy atom. The first-order valence-corrected chi connectivity index (χ1v) is 10.00. The summed E-state index contributed by atoms with van der Waals surface area (Å²) in [7, 11) is 2.12. The molecule has 0 saturated carbocycles. The van der Waals surface area contributed by atoms with E-state index in [-0.39, 0.29) is 5.91 Å². The van der Waals surface area contributed by atoms with Gasteiger partial charge < -0.3 is 14.7 Å². The first kappa shape index (κ1) is 18.8. The maximum atomic E-state index is 12.8. The Bertz CT molecular complexity index is 765. The molecule has 0 bridgehead atoms. The normalized spacial score (nSPS) is 19.0. The number of hydrogen-bond acceptors (Lipinski definition) is 6. The summed E-state index contributed by atoms with van der Waals surface area (Å²) >= 11 is 0. The van der Waals surface area contributed by atoms with Crippen LogP contribution >= 0.6 is 0 Å². The fourth-order valence-electron chi connectivity index (χ4n) is 3.73. The van der Waals surface area contributed by atoms with Crippen LogP contribution in [-0.4, -0.2) is 90.0 Å². The summed E-state index contributed by atoms with van der Waals surface area (Å²) in [6.07, 6.45) is 3.36. The second-order valence-electron chi connectivity index (χ2n) is 7.62. The van der Waals surface area contributed by atoms with E-state index in [1.165, 1.54) is 5.56 Å². The minimum Gasteiger partial charge on any atom is -0.338 e. The van der Waals surface area contributed by atoms with Gasteiger partial charge in [-0.15, -0.1) is 0 Å². The molecule has 1 aromatic heterocycles. The molecule has 2 aliphatic rings. The van der Waals surface area contributed by atoms with E-state index in [2.05, 4.69) is 56.0 Å². The summed E-state index contributed by atoms with van der Waals surface area (Å²) < 4.78 is 0. The second kappa shape index (κ2) is 8.67. The number of benzene rings is 1. The third-order valence-electron chi connectivity index (χ3n) is 5.58. The SMILES string of the molecule is CN1CCN(c2ncc(C(=O)N3CCN(Cc4ccccc4)CC3)cn2)CC1. The minimum absolute atomic E-state index is 0.0317. The lowest BCUT2D eigenvalue weighted by Crippen LogP contribution is -2.48. The molecule has 1 amide bonds. The van der Waals surface area contributed by atoms with Crippen LogP contribution in [0.15, 0.2) is 42.7 Å². The molecule has 4 rings (SSSR count). The summed E-state index contributed by atoms with van der Waals surface area (Å²) in [6, 6.07) is 10.5. The van der Waals surface area contributed by atoms with Gasteiger partial charge in [0, 0.05) is 71.3 Å². The lowest BCUT2D eigenvalue weighted by molar-refractivity contribution is 0.0627. The number of carbonyl (C=O) groups is 1. The number of piperazine rings is 2. The molecule has 2 saturated heterocycles. The number of rotatable bonds is 4. The monoisotopic (exact) mass is 380 g/mol. The predicted octanol–water partition coefficient (Wildman–Crippen LogP) is 1.19. The Kier molecular flexibility index (Phi) is 5.83. The third-order valence-corrected chi connectivity index (χ3v) is 5.58. The Balaban J connectivity index is 1.30. The van der Waals surface area contributed by atoms with Gasteiger partial charge in [-0.3, -0.25) is 9.69 Å². The molecule has 7 nitrogen and oxygen atoms in total. The Labute approximate surface area is 166 Å². The van der Waals surface area contributed by atoms with Gasteiger partial charge in [0.1, 0.15) is 0 Å². The largest absolute Gasteiger partial charge is 0.338 e. The lowest BCUT2D eigenvalue weighted by Gasteiger charge is -2.35. The van der Waals surface area contributed by atoms with Crippen LogP contribution in [0.5, 0.6) is 0 Å². The van der Waals surface area contributed by atoms with Crippen molar-refractivity contribution in [2.75, 3.05) is 64.3 Å². The molecule has 148 valence electrons. The average molecular weight is 380 g/mol. The fourth-order valence-corrected chi connectivity index (χ4v) is 3.73. The summed E-state index contributed by atoms with van der Waals surface area (Å²) in [5.41, 5.74) is 1.89. The van der Waals surface area contributed by atoms with Crippen LogP contribution in [0.25, 0.3) is 0 Å². The number of amides is 1. The van der Waals surface area contributed by atoms with E-state index in [0.29, 0.717) is 5.56 Å². The lowest BCUT2D eigenvalue weighted by atomic mass is 10.2.